The Morgan fingerprint density at radius 1 is 1.18 bits per heavy atom. The van der Waals surface area contributed by atoms with Crippen molar-refractivity contribution in [3.8, 4) is 0 Å². The molecule has 96 valence electrons. The number of benzene rings is 1. The molecule has 0 radical (unpaired) electrons. The molecule has 0 heterocycles. The molecule has 0 saturated heterocycles. The van der Waals surface area contributed by atoms with Gasteiger partial charge in [-0.2, -0.15) is 0 Å². The summed E-state index contributed by atoms with van der Waals surface area (Å²) in [5, 5.41) is 3.48. The van der Waals surface area contributed by atoms with Crippen LogP contribution in [0.15, 0.2) is 27.1 Å². The number of hydrogen-bond acceptors (Lipinski definition) is 1. The minimum atomic E-state index is 0.745. The van der Waals surface area contributed by atoms with Gasteiger partial charge in [0.15, 0.2) is 0 Å². The van der Waals surface area contributed by atoms with Crippen LogP contribution in [-0.4, -0.2) is 13.1 Å². The number of rotatable bonds is 7. The van der Waals surface area contributed by atoms with Crippen LogP contribution in [-0.2, 0) is 6.42 Å². The van der Waals surface area contributed by atoms with Crippen molar-refractivity contribution in [1.29, 1.82) is 0 Å². The molecular formula is C14H21Br2N. The van der Waals surface area contributed by atoms with Crippen LogP contribution in [0.1, 0.15) is 32.3 Å². The average molecular weight is 363 g/mol. The molecule has 0 aromatic heterocycles. The largest absolute Gasteiger partial charge is 0.316 e. The van der Waals surface area contributed by atoms with E-state index in [9.17, 15) is 0 Å². The van der Waals surface area contributed by atoms with Crippen molar-refractivity contribution in [3.05, 3.63) is 32.7 Å². The maximum absolute atomic E-state index is 3.60. The zero-order chi connectivity index (χ0) is 12.7. The van der Waals surface area contributed by atoms with E-state index in [0.29, 0.717) is 0 Å². The summed E-state index contributed by atoms with van der Waals surface area (Å²) in [6.07, 6.45) is 3.62. The Morgan fingerprint density at radius 3 is 2.65 bits per heavy atom. The molecule has 0 amide bonds. The summed E-state index contributed by atoms with van der Waals surface area (Å²) in [5.41, 5.74) is 1.39. The first-order chi connectivity index (χ1) is 8.09. The zero-order valence-electron chi connectivity index (χ0n) is 10.6. The Balaban J connectivity index is 2.20. The average Bonchev–Trinajstić information content (AvgIpc) is 2.27. The number of unbranched alkanes of at least 4 members (excludes halogenated alkanes) is 1. The van der Waals surface area contributed by atoms with E-state index in [4.69, 9.17) is 0 Å². The number of nitrogens with one attached hydrogen (secondary N) is 1. The van der Waals surface area contributed by atoms with Gasteiger partial charge in [0.2, 0.25) is 0 Å². The SMILES string of the molecule is CC(C)CNCCCCc1cc(Br)ccc1Br. The van der Waals surface area contributed by atoms with Gasteiger partial charge < -0.3 is 5.32 Å². The monoisotopic (exact) mass is 361 g/mol. The van der Waals surface area contributed by atoms with E-state index in [2.05, 4.69) is 69.2 Å². The summed E-state index contributed by atoms with van der Waals surface area (Å²) in [7, 11) is 0. The maximum atomic E-state index is 3.60. The molecule has 0 saturated carbocycles. The lowest BCUT2D eigenvalue weighted by Gasteiger charge is -2.08. The van der Waals surface area contributed by atoms with Gasteiger partial charge in [-0.1, -0.05) is 45.7 Å². The van der Waals surface area contributed by atoms with Gasteiger partial charge in [-0.05, 0) is 62.0 Å². The molecule has 0 bridgehead atoms. The van der Waals surface area contributed by atoms with Crippen molar-refractivity contribution >= 4 is 31.9 Å². The lowest BCUT2D eigenvalue weighted by molar-refractivity contribution is 0.535. The fourth-order valence-corrected chi connectivity index (χ4v) is 2.54. The number of halogens is 2. The lowest BCUT2D eigenvalue weighted by atomic mass is 10.1. The summed E-state index contributed by atoms with van der Waals surface area (Å²) >= 11 is 7.11. The third kappa shape index (κ3) is 6.58. The van der Waals surface area contributed by atoms with Crippen LogP contribution in [0.5, 0.6) is 0 Å². The van der Waals surface area contributed by atoms with E-state index in [-0.39, 0.29) is 0 Å². The molecule has 1 aromatic carbocycles. The Kier molecular flexibility index (Phi) is 7.40. The highest BCUT2D eigenvalue weighted by Crippen LogP contribution is 2.22. The van der Waals surface area contributed by atoms with Crippen molar-refractivity contribution in [2.45, 2.75) is 33.1 Å². The van der Waals surface area contributed by atoms with Crippen molar-refractivity contribution < 1.29 is 0 Å². The summed E-state index contributed by atoms with van der Waals surface area (Å²) in [5.74, 6) is 0.745. The molecule has 1 nitrogen and oxygen atoms in total. The van der Waals surface area contributed by atoms with Crippen LogP contribution in [0.3, 0.4) is 0 Å². The second-order valence-electron chi connectivity index (χ2n) is 4.79. The van der Waals surface area contributed by atoms with Crippen molar-refractivity contribution in [2.24, 2.45) is 5.92 Å². The van der Waals surface area contributed by atoms with Gasteiger partial charge in [0, 0.05) is 8.95 Å². The Bertz CT molecular complexity index is 337. The minimum absolute atomic E-state index is 0.745. The molecule has 1 N–H and O–H groups in total. The van der Waals surface area contributed by atoms with Gasteiger partial charge in [-0.15, -0.1) is 0 Å². The molecule has 0 atom stereocenters. The highest BCUT2D eigenvalue weighted by Gasteiger charge is 2.00. The summed E-state index contributed by atoms with van der Waals surface area (Å²) < 4.78 is 2.38. The number of aryl methyl sites for hydroxylation is 1. The standard InChI is InChI=1S/C14H21Br2N/c1-11(2)10-17-8-4-3-5-12-9-13(15)6-7-14(12)16/h6-7,9,11,17H,3-5,8,10H2,1-2H3. The Labute approximate surface area is 122 Å². The summed E-state index contributed by atoms with van der Waals surface area (Å²) in [6.45, 7) is 6.74. The molecule has 3 heteroatoms. The molecule has 1 rings (SSSR count). The van der Waals surface area contributed by atoms with Crippen molar-refractivity contribution in [1.82, 2.24) is 5.32 Å². The predicted octanol–water partition coefficient (Wildman–Crippen LogP) is 4.78. The topological polar surface area (TPSA) is 12.0 Å². The second kappa shape index (κ2) is 8.28. The maximum Gasteiger partial charge on any atom is 0.0208 e. The Hall–Kier alpha value is 0.140. The van der Waals surface area contributed by atoms with Crippen molar-refractivity contribution in [2.75, 3.05) is 13.1 Å². The highest BCUT2D eigenvalue weighted by atomic mass is 79.9. The number of hydrogen-bond donors (Lipinski definition) is 1. The van der Waals surface area contributed by atoms with Gasteiger partial charge in [0.25, 0.3) is 0 Å². The van der Waals surface area contributed by atoms with E-state index in [1.54, 1.807) is 0 Å². The zero-order valence-corrected chi connectivity index (χ0v) is 13.8. The van der Waals surface area contributed by atoms with Gasteiger partial charge in [-0.25, -0.2) is 0 Å². The van der Waals surface area contributed by atoms with Crippen LogP contribution in [0.2, 0.25) is 0 Å². The van der Waals surface area contributed by atoms with Gasteiger partial charge >= 0.3 is 0 Å². The molecule has 0 spiro atoms. The summed E-state index contributed by atoms with van der Waals surface area (Å²) in [6, 6.07) is 6.37. The normalized spacial score (nSPS) is 11.1. The second-order valence-corrected chi connectivity index (χ2v) is 6.56. The molecule has 0 aliphatic heterocycles. The van der Waals surface area contributed by atoms with Gasteiger partial charge in [0.05, 0.1) is 0 Å². The fourth-order valence-electron chi connectivity index (χ4n) is 1.69. The highest BCUT2D eigenvalue weighted by molar-refractivity contribution is 9.11. The van der Waals surface area contributed by atoms with E-state index in [1.807, 2.05) is 0 Å². The van der Waals surface area contributed by atoms with Crippen LogP contribution in [0.4, 0.5) is 0 Å². The van der Waals surface area contributed by atoms with E-state index in [1.165, 1.54) is 22.9 Å². The van der Waals surface area contributed by atoms with Gasteiger partial charge in [-0.3, -0.25) is 0 Å². The molecule has 0 fully saturated rings. The fraction of sp³-hybridized carbons (Fsp3) is 0.571. The molecule has 0 aliphatic carbocycles. The smallest absolute Gasteiger partial charge is 0.0208 e. The minimum Gasteiger partial charge on any atom is -0.316 e. The first-order valence-electron chi connectivity index (χ1n) is 6.24. The molecule has 17 heavy (non-hydrogen) atoms. The van der Waals surface area contributed by atoms with E-state index in [0.717, 1.165) is 29.9 Å². The molecule has 1 aromatic rings. The first kappa shape index (κ1) is 15.2. The van der Waals surface area contributed by atoms with E-state index < -0.39 is 0 Å². The third-order valence-corrected chi connectivity index (χ3v) is 3.88. The van der Waals surface area contributed by atoms with Crippen LogP contribution < -0.4 is 5.32 Å². The molecular weight excluding hydrogens is 342 g/mol. The third-order valence-electron chi connectivity index (χ3n) is 2.61. The summed E-state index contributed by atoms with van der Waals surface area (Å²) in [4.78, 5) is 0. The van der Waals surface area contributed by atoms with Crippen LogP contribution in [0, 0.1) is 5.92 Å². The molecule has 0 aliphatic rings. The lowest BCUT2D eigenvalue weighted by Crippen LogP contribution is -2.20. The Morgan fingerprint density at radius 2 is 1.94 bits per heavy atom. The first-order valence-corrected chi connectivity index (χ1v) is 7.83. The van der Waals surface area contributed by atoms with Crippen LogP contribution >= 0.6 is 31.9 Å². The molecule has 0 unspecified atom stereocenters. The van der Waals surface area contributed by atoms with Crippen LogP contribution in [0.25, 0.3) is 0 Å². The predicted molar refractivity (Wildman–Crippen MR) is 82.5 cm³/mol. The van der Waals surface area contributed by atoms with E-state index >= 15 is 0 Å². The van der Waals surface area contributed by atoms with Gasteiger partial charge in [0.1, 0.15) is 0 Å². The quantitative estimate of drug-likeness (QED) is 0.688. The van der Waals surface area contributed by atoms with Crippen molar-refractivity contribution in [3.63, 3.8) is 0 Å².